The summed E-state index contributed by atoms with van der Waals surface area (Å²) in [6.45, 7) is 7.83. The van der Waals surface area contributed by atoms with E-state index in [1.807, 2.05) is 10.9 Å². The van der Waals surface area contributed by atoms with Gasteiger partial charge < -0.3 is 10.6 Å². The predicted octanol–water partition coefficient (Wildman–Crippen LogP) is -0.345. The van der Waals surface area contributed by atoms with Crippen LogP contribution in [0.1, 0.15) is 18.5 Å². The Balaban J connectivity index is 1.92. The third-order valence-electron chi connectivity index (χ3n) is 3.46. The number of nitrogens with one attached hydrogen (secondary N) is 1. The van der Waals surface area contributed by atoms with Gasteiger partial charge in [-0.2, -0.15) is 5.10 Å². The lowest BCUT2D eigenvalue weighted by molar-refractivity contribution is 0.0880. The van der Waals surface area contributed by atoms with Crippen molar-refractivity contribution in [2.75, 3.05) is 39.8 Å². The number of piperazine rings is 1. The van der Waals surface area contributed by atoms with Crippen molar-refractivity contribution in [3.8, 4) is 0 Å². The summed E-state index contributed by atoms with van der Waals surface area (Å²) >= 11 is 0. The lowest BCUT2D eigenvalue weighted by atomic mass is 10.2. The number of aryl methyl sites for hydroxylation is 1. The molecule has 0 aliphatic carbocycles. The topological polar surface area (TPSA) is 62.4 Å². The standard InChI is InChI=1S/C12H24N6/c1-3-17-10-11(9-14-17)12(8-13)15-18-6-4-16(2)5-7-18/h9-10,12,15H,3-8,13H2,1-2H3. The number of hydrazine groups is 1. The molecule has 6 nitrogen and oxygen atoms in total. The van der Waals surface area contributed by atoms with Gasteiger partial charge >= 0.3 is 0 Å². The van der Waals surface area contributed by atoms with Crippen molar-refractivity contribution in [3.05, 3.63) is 18.0 Å². The molecule has 0 saturated carbocycles. The Labute approximate surface area is 109 Å². The van der Waals surface area contributed by atoms with Crippen LogP contribution in [0, 0.1) is 0 Å². The third kappa shape index (κ3) is 3.29. The first kappa shape index (κ1) is 13.5. The summed E-state index contributed by atoms with van der Waals surface area (Å²) in [5.41, 5.74) is 10.5. The number of rotatable bonds is 5. The van der Waals surface area contributed by atoms with Crippen LogP contribution in [0.2, 0.25) is 0 Å². The van der Waals surface area contributed by atoms with Crippen LogP contribution in [-0.2, 0) is 6.54 Å². The van der Waals surface area contributed by atoms with E-state index in [2.05, 4.69) is 40.6 Å². The van der Waals surface area contributed by atoms with E-state index >= 15 is 0 Å². The summed E-state index contributed by atoms with van der Waals surface area (Å²) < 4.78 is 1.93. The zero-order valence-electron chi connectivity index (χ0n) is 11.3. The molecule has 2 rings (SSSR count). The van der Waals surface area contributed by atoms with Gasteiger partial charge in [0.2, 0.25) is 0 Å². The largest absolute Gasteiger partial charge is 0.329 e. The Morgan fingerprint density at radius 3 is 2.67 bits per heavy atom. The van der Waals surface area contributed by atoms with E-state index in [0.717, 1.165) is 32.7 Å². The quantitative estimate of drug-likeness (QED) is 0.750. The molecule has 1 aliphatic rings. The average molecular weight is 252 g/mol. The van der Waals surface area contributed by atoms with Crippen LogP contribution in [0.5, 0.6) is 0 Å². The lowest BCUT2D eigenvalue weighted by Crippen LogP contribution is -2.52. The molecule has 0 spiro atoms. The maximum absolute atomic E-state index is 5.86. The van der Waals surface area contributed by atoms with Gasteiger partial charge in [0.1, 0.15) is 0 Å². The first-order chi connectivity index (χ1) is 8.72. The van der Waals surface area contributed by atoms with Gasteiger partial charge in [0.15, 0.2) is 0 Å². The molecule has 0 bridgehead atoms. The van der Waals surface area contributed by atoms with E-state index < -0.39 is 0 Å². The maximum atomic E-state index is 5.86. The number of hydrogen-bond acceptors (Lipinski definition) is 5. The molecule has 1 atom stereocenters. The molecular weight excluding hydrogens is 228 g/mol. The molecule has 18 heavy (non-hydrogen) atoms. The monoisotopic (exact) mass is 252 g/mol. The Bertz CT molecular complexity index is 355. The summed E-state index contributed by atoms with van der Waals surface area (Å²) in [4.78, 5) is 2.34. The van der Waals surface area contributed by atoms with Gasteiger partial charge in [-0.05, 0) is 14.0 Å². The van der Waals surface area contributed by atoms with Crippen LogP contribution in [0.15, 0.2) is 12.4 Å². The van der Waals surface area contributed by atoms with Crippen molar-refractivity contribution in [2.45, 2.75) is 19.5 Å². The molecule has 6 heteroatoms. The van der Waals surface area contributed by atoms with Crippen molar-refractivity contribution in [2.24, 2.45) is 5.73 Å². The zero-order valence-corrected chi connectivity index (χ0v) is 11.3. The molecule has 0 radical (unpaired) electrons. The molecule has 1 fully saturated rings. The molecule has 1 unspecified atom stereocenters. The number of aromatic nitrogens is 2. The summed E-state index contributed by atoms with van der Waals surface area (Å²) in [5.74, 6) is 0. The third-order valence-corrected chi connectivity index (χ3v) is 3.46. The SMILES string of the molecule is CCn1cc(C(CN)NN2CCN(C)CC2)cn1. The second-order valence-electron chi connectivity index (χ2n) is 4.84. The number of hydrogen-bond donors (Lipinski definition) is 2. The summed E-state index contributed by atoms with van der Waals surface area (Å²) in [7, 11) is 2.16. The van der Waals surface area contributed by atoms with E-state index in [1.54, 1.807) is 0 Å². The molecule has 102 valence electrons. The van der Waals surface area contributed by atoms with Crippen molar-refractivity contribution >= 4 is 0 Å². The maximum Gasteiger partial charge on any atom is 0.0617 e. The fourth-order valence-corrected chi connectivity index (χ4v) is 2.15. The highest BCUT2D eigenvalue weighted by Crippen LogP contribution is 2.12. The van der Waals surface area contributed by atoms with Crippen molar-refractivity contribution in [3.63, 3.8) is 0 Å². The Morgan fingerprint density at radius 2 is 2.11 bits per heavy atom. The fourth-order valence-electron chi connectivity index (χ4n) is 2.15. The number of nitrogens with two attached hydrogens (primary N) is 1. The highest BCUT2D eigenvalue weighted by Gasteiger charge is 2.18. The molecule has 1 aromatic heterocycles. The van der Waals surface area contributed by atoms with E-state index in [1.165, 1.54) is 5.56 Å². The van der Waals surface area contributed by atoms with Crippen LogP contribution in [-0.4, -0.2) is 59.5 Å². The van der Waals surface area contributed by atoms with Gasteiger partial charge in [-0.3, -0.25) is 4.68 Å². The van der Waals surface area contributed by atoms with E-state index in [4.69, 9.17) is 5.73 Å². The zero-order chi connectivity index (χ0) is 13.0. The van der Waals surface area contributed by atoms with Crippen LogP contribution in [0.4, 0.5) is 0 Å². The highest BCUT2D eigenvalue weighted by molar-refractivity contribution is 5.10. The predicted molar refractivity (Wildman–Crippen MR) is 71.9 cm³/mol. The van der Waals surface area contributed by atoms with Gasteiger partial charge in [0.05, 0.1) is 12.2 Å². The molecule has 0 amide bonds. The molecule has 1 aromatic rings. The number of likely N-dealkylation sites (N-methyl/N-ethyl adjacent to an activating group) is 1. The fraction of sp³-hybridized carbons (Fsp3) is 0.750. The van der Waals surface area contributed by atoms with Crippen LogP contribution >= 0.6 is 0 Å². The van der Waals surface area contributed by atoms with Gasteiger partial charge in [-0.1, -0.05) is 0 Å². The molecule has 3 N–H and O–H groups in total. The minimum absolute atomic E-state index is 0.161. The summed E-state index contributed by atoms with van der Waals surface area (Å²) in [6.07, 6.45) is 3.98. The van der Waals surface area contributed by atoms with Gasteiger partial charge in [0, 0.05) is 51.0 Å². The minimum atomic E-state index is 0.161. The van der Waals surface area contributed by atoms with Crippen LogP contribution in [0.25, 0.3) is 0 Å². The second kappa shape index (κ2) is 6.29. The van der Waals surface area contributed by atoms with Crippen molar-refractivity contribution in [1.82, 2.24) is 25.1 Å². The van der Waals surface area contributed by atoms with Gasteiger partial charge in [0.25, 0.3) is 0 Å². The molecule has 1 saturated heterocycles. The minimum Gasteiger partial charge on any atom is -0.329 e. The number of nitrogens with zero attached hydrogens (tertiary/aromatic N) is 4. The highest BCUT2D eigenvalue weighted by atomic mass is 15.5. The molecule has 1 aliphatic heterocycles. The molecule has 0 aromatic carbocycles. The average Bonchev–Trinajstić information content (AvgIpc) is 2.87. The molecule has 2 heterocycles. The van der Waals surface area contributed by atoms with E-state index in [0.29, 0.717) is 6.54 Å². The van der Waals surface area contributed by atoms with Crippen molar-refractivity contribution < 1.29 is 0 Å². The Kier molecular flexibility index (Phi) is 4.71. The van der Waals surface area contributed by atoms with E-state index in [-0.39, 0.29) is 6.04 Å². The molecular formula is C12H24N6. The normalized spacial score (nSPS) is 20.2. The Morgan fingerprint density at radius 1 is 1.39 bits per heavy atom. The lowest BCUT2D eigenvalue weighted by Gasteiger charge is -2.35. The summed E-state index contributed by atoms with van der Waals surface area (Å²) in [5, 5.41) is 6.57. The first-order valence-corrected chi connectivity index (χ1v) is 6.65. The smallest absolute Gasteiger partial charge is 0.0617 e. The first-order valence-electron chi connectivity index (χ1n) is 6.65. The summed E-state index contributed by atoms with van der Waals surface area (Å²) in [6, 6.07) is 0.161. The van der Waals surface area contributed by atoms with Gasteiger partial charge in [-0.15, -0.1) is 0 Å². The van der Waals surface area contributed by atoms with E-state index in [9.17, 15) is 0 Å². The van der Waals surface area contributed by atoms with Crippen LogP contribution in [0.3, 0.4) is 0 Å². The van der Waals surface area contributed by atoms with Crippen molar-refractivity contribution in [1.29, 1.82) is 0 Å². The Hall–Kier alpha value is -0.950. The second-order valence-corrected chi connectivity index (χ2v) is 4.84. The van der Waals surface area contributed by atoms with Crippen LogP contribution < -0.4 is 11.2 Å². The van der Waals surface area contributed by atoms with Gasteiger partial charge in [-0.25, -0.2) is 10.4 Å².